The second-order valence-electron chi connectivity index (χ2n) is 4.70. The van der Waals surface area contributed by atoms with Crippen LogP contribution in [0.25, 0.3) is 0 Å². The third-order valence-corrected chi connectivity index (χ3v) is 3.29. The Morgan fingerprint density at radius 1 is 1.56 bits per heavy atom. The van der Waals surface area contributed by atoms with Crippen LogP contribution in [0.3, 0.4) is 0 Å². The molecule has 18 heavy (non-hydrogen) atoms. The number of halogens is 1. The maximum absolute atomic E-state index is 13.2. The predicted octanol–water partition coefficient (Wildman–Crippen LogP) is 2.11. The fraction of sp³-hybridized carbons (Fsp3) is 0.429. The molecule has 1 unspecified atom stereocenters. The molecule has 0 radical (unpaired) electrons. The Morgan fingerprint density at radius 2 is 2.39 bits per heavy atom. The number of hydrogen-bond acceptors (Lipinski definition) is 3. The Hall–Kier alpha value is -1.73. The number of rotatable bonds is 3. The molecule has 3 nitrogen and oxygen atoms in total. The number of hydrogen-bond donors (Lipinski definition) is 0. The van der Waals surface area contributed by atoms with Gasteiger partial charge in [-0.1, -0.05) is 6.07 Å². The molecule has 4 heteroatoms. The highest BCUT2D eigenvalue weighted by Crippen LogP contribution is 2.18. The molecular formula is C14H15FN2O. The van der Waals surface area contributed by atoms with Crippen LogP contribution in [0.5, 0.6) is 0 Å². The summed E-state index contributed by atoms with van der Waals surface area (Å²) in [7, 11) is 0. The number of aldehydes is 1. The SMILES string of the molecule is N#Cc1cc(CN2CCCC(C=O)C2)ccc1F. The number of carbonyl (C=O) groups excluding carboxylic acids is 1. The zero-order valence-corrected chi connectivity index (χ0v) is 10.1. The summed E-state index contributed by atoms with van der Waals surface area (Å²) in [4.78, 5) is 13.0. The molecule has 0 spiro atoms. The van der Waals surface area contributed by atoms with Gasteiger partial charge in [0.2, 0.25) is 0 Å². The van der Waals surface area contributed by atoms with Gasteiger partial charge < -0.3 is 4.79 Å². The van der Waals surface area contributed by atoms with E-state index < -0.39 is 5.82 Å². The highest BCUT2D eigenvalue weighted by atomic mass is 19.1. The third kappa shape index (κ3) is 2.93. The van der Waals surface area contributed by atoms with Crippen molar-refractivity contribution >= 4 is 6.29 Å². The fourth-order valence-electron chi connectivity index (χ4n) is 2.36. The molecule has 1 aromatic rings. The normalized spacial score (nSPS) is 20.3. The minimum absolute atomic E-state index is 0.0800. The van der Waals surface area contributed by atoms with Gasteiger partial charge in [-0.25, -0.2) is 4.39 Å². The molecule has 1 fully saturated rings. The monoisotopic (exact) mass is 246 g/mol. The summed E-state index contributed by atoms with van der Waals surface area (Å²) in [5.41, 5.74) is 0.996. The number of nitriles is 1. The van der Waals surface area contributed by atoms with Crippen molar-refractivity contribution in [1.29, 1.82) is 5.26 Å². The smallest absolute Gasteiger partial charge is 0.140 e. The standard InChI is InChI=1S/C14H15FN2O/c15-14-4-3-11(6-13(14)7-16)8-17-5-1-2-12(9-17)10-18/h3-4,6,10,12H,1-2,5,8-9H2. The summed E-state index contributed by atoms with van der Waals surface area (Å²) in [5, 5.41) is 8.78. The lowest BCUT2D eigenvalue weighted by Crippen LogP contribution is -2.35. The molecule has 1 aliphatic rings. The van der Waals surface area contributed by atoms with Crippen molar-refractivity contribution in [2.24, 2.45) is 5.92 Å². The number of carbonyl (C=O) groups is 1. The average molecular weight is 246 g/mol. The highest BCUT2D eigenvalue weighted by molar-refractivity contribution is 5.53. The first-order valence-electron chi connectivity index (χ1n) is 6.09. The summed E-state index contributed by atoms with van der Waals surface area (Å²) in [6.45, 7) is 2.37. The molecule has 0 aliphatic carbocycles. The van der Waals surface area contributed by atoms with Gasteiger partial charge in [-0.15, -0.1) is 0 Å². The van der Waals surface area contributed by atoms with Crippen LogP contribution >= 0.6 is 0 Å². The van der Waals surface area contributed by atoms with E-state index in [1.54, 1.807) is 12.1 Å². The van der Waals surface area contributed by atoms with Crippen molar-refractivity contribution in [2.75, 3.05) is 13.1 Å². The van der Waals surface area contributed by atoms with Crippen LogP contribution in [-0.2, 0) is 11.3 Å². The molecule has 2 rings (SSSR count). The number of likely N-dealkylation sites (tertiary alicyclic amines) is 1. The minimum atomic E-state index is -0.481. The van der Waals surface area contributed by atoms with Gasteiger partial charge in [-0.05, 0) is 37.1 Å². The van der Waals surface area contributed by atoms with Gasteiger partial charge in [0.25, 0.3) is 0 Å². The van der Waals surface area contributed by atoms with E-state index in [1.807, 2.05) is 6.07 Å². The van der Waals surface area contributed by atoms with E-state index in [0.29, 0.717) is 6.54 Å². The molecular weight excluding hydrogens is 231 g/mol. The van der Waals surface area contributed by atoms with Crippen LogP contribution in [0.2, 0.25) is 0 Å². The van der Waals surface area contributed by atoms with Crippen LogP contribution in [-0.4, -0.2) is 24.3 Å². The lowest BCUT2D eigenvalue weighted by molar-refractivity contribution is -0.112. The molecule has 1 aromatic carbocycles. The van der Waals surface area contributed by atoms with Gasteiger partial charge in [0.15, 0.2) is 0 Å². The van der Waals surface area contributed by atoms with E-state index in [2.05, 4.69) is 4.90 Å². The number of nitrogens with zero attached hydrogens (tertiary/aromatic N) is 2. The van der Waals surface area contributed by atoms with E-state index in [9.17, 15) is 9.18 Å². The Bertz CT molecular complexity index is 481. The maximum atomic E-state index is 13.2. The average Bonchev–Trinajstić information content (AvgIpc) is 2.41. The zero-order chi connectivity index (χ0) is 13.0. The molecule has 1 atom stereocenters. The lowest BCUT2D eigenvalue weighted by atomic mass is 9.99. The Balaban J connectivity index is 2.05. The molecule has 0 bridgehead atoms. The first-order chi connectivity index (χ1) is 8.72. The van der Waals surface area contributed by atoms with E-state index >= 15 is 0 Å². The van der Waals surface area contributed by atoms with E-state index in [-0.39, 0.29) is 11.5 Å². The Kier molecular flexibility index (Phi) is 4.06. The van der Waals surface area contributed by atoms with Gasteiger partial charge in [0, 0.05) is 19.0 Å². The molecule has 1 aliphatic heterocycles. The van der Waals surface area contributed by atoms with Gasteiger partial charge in [-0.3, -0.25) is 4.90 Å². The topological polar surface area (TPSA) is 44.1 Å². The van der Waals surface area contributed by atoms with Crippen molar-refractivity contribution in [1.82, 2.24) is 4.90 Å². The van der Waals surface area contributed by atoms with E-state index in [0.717, 1.165) is 37.8 Å². The summed E-state index contributed by atoms with van der Waals surface area (Å²) < 4.78 is 13.2. The zero-order valence-electron chi connectivity index (χ0n) is 10.1. The maximum Gasteiger partial charge on any atom is 0.140 e. The van der Waals surface area contributed by atoms with Crippen LogP contribution in [0.4, 0.5) is 4.39 Å². The quantitative estimate of drug-likeness (QED) is 0.767. The van der Waals surface area contributed by atoms with Crippen molar-refractivity contribution in [3.63, 3.8) is 0 Å². The van der Waals surface area contributed by atoms with Crippen molar-refractivity contribution in [2.45, 2.75) is 19.4 Å². The van der Waals surface area contributed by atoms with Crippen molar-refractivity contribution in [3.8, 4) is 6.07 Å². The summed E-state index contributed by atoms with van der Waals surface area (Å²) in [6, 6.07) is 6.45. The molecule has 94 valence electrons. The van der Waals surface area contributed by atoms with E-state index in [4.69, 9.17) is 5.26 Å². The summed E-state index contributed by atoms with van der Waals surface area (Å²) in [6.07, 6.45) is 2.97. The molecule has 0 saturated carbocycles. The molecule has 1 heterocycles. The molecule has 0 amide bonds. The Labute approximate surface area is 106 Å². The third-order valence-electron chi connectivity index (χ3n) is 3.29. The number of benzene rings is 1. The van der Waals surface area contributed by atoms with Gasteiger partial charge >= 0.3 is 0 Å². The van der Waals surface area contributed by atoms with Gasteiger partial charge in [0.05, 0.1) is 5.56 Å². The largest absolute Gasteiger partial charge is 0.303 e. The minimum Gasteiger partial charge on any atom is -0.303 e. The van der Waals surface area contributed by atoms with Crippen LogP contribution in [0.1, 0.15) is 24.0 Å². The molecule has 0 N–H and O–H groups in total. The van der Waals surface area contributed by atoms with Crippen molar-refractivity contribution in [3.05, 3.63) is 35.1 Å². The number of piperidine rings is 1. The lowest BCUT2D eigenvalue weighted by Gasteiger charge is -2.30. The summed E-state index contributed by atoms with van der Waals surface area (Å²) >= 11 is 0. The van der Waals surface area contributed by atoms with Gasteiger partial charge in [0.1, 0.15) is 18.2 Å². The molecule has 1 saturated heterocycles. The van der Waals surface area contributed by atoms with Gasteiger partial charge in [-0.2, -0.15) is 5.26 Å². The fourth-order valence-corrected chi connectivity index (χ4v) is 2.36. The predicted molar refractivity (Wildman–Crippen MR) is 65.2 cm³/mol. The highest BCUT2D eigenvalue weighted by Gasteiger charge is 2.19. The first kappa shape index (κ1) is 12.7. The summed E-state index contributed by atoms with van der Waals surface area (Å²) in [5.74, 6) is -0.375. The van der Waals surface area contributed by atoms with Crippen molar-refractivity contribution < 1.29 is 9.18 Å². The second-order valence-corrected chi connectivity index (χ2v) is 4.70. The van der Waals surface area contributed by atoms with Crippen LogP contribution < -0.4 is 0 Å². The van der Waals surface area contributed by atoms with E-state index in [1.165, 1.54) is 6.07 Å². The van der Waals surface area contributed by atoms with Crippen LogP contribution in [0.15, 0.2) is 18.2 Å². The first-order valence-corrected chi connectivity index (χ1v) is 6.09. The molecule has 0 aromatic heterocycles. The Morgan fingerprint density at radius 3 is 3.11 bits per heavy atom. The second kappa shape index (κ2) is 5.74. The van der Waals surface area contributed by atoms with Crippen LogP contribution in [0, 0.1) is 23.1 Å².